The minimum atomic E-state index is 0.505. The van der Waals surface area contributed by atoms with E-state index in [9.17, 15) is 0 Å². The van der Waals surface area contributed by atoms with Gasteiger partial charge in [0.2, 0.25) is 0 Å². The van der Waals surface area contributed by atoms with Crippen LogP contribution >= 0.6 is 11.3 Å². The van der Waals surface area contributed by atoms with Gasteiger partial charge in [-0.3, -0.25) is 0 Å². The van der Waals surface area contributed by atoms with Crippen molar-refractivity contribution in [3.8, 4) is 11.5 Å². The van der Waals surface area contributed by atoms with Gasteiger partial charge in [-0.05, 0) is 31.5 Å². The van der Waals surface area contributed by atoms with Crippen molar-refractivity contribution in [3.63, 3.8) is 0 Å². The second-order valence-corrected chi connectivity index (χ2v) is 5.08. The highest BCUT2D eigenvalue weighted by atomic mass is 32.1. The van der Waals surface area contributed by atoms with Crippen molar-refractivity contribution in [3.05, 3.63) is 10.9 Å². The monoisotopic (exact) mass is 266 g/mol. The van der Waals surface area contributed by atoms with Crippen molar-refractivity contribution in [2.45, 2.75) is 27.2 Å². The maximum atomic E-state index is 5.98. The van der Waals surface area contributed by atoms with E-state index in [0.717, 1.165) is 30.1 Å². The second-order valence-electron chi connectivity index (χ2n) is 3.92. The third kappa shape index (κ3) is 2.33. The minimum Gasteiger partial charge on any atom is -0.390 e. The van der Waals surface area contributed by atoms with Gasteiger partial charge in [-0.1, -0.05) is 6.92 Å². The fraction of sp³-hybridized carbons (Fsp3) is 0.500. The number of aryl methyl sites for hydroxylation is 1. The molecule has 0 saturated heterocycles. The van der Waals surface area contributed by atoms with Gasteiger partial charge >= 0.3 is 0 Å². The van der Waals surface area contributed by atoms with Crippen molar-refractivity contribution in [2.75, 3.05) is 23.7 Å². The van der Waals surface area contributed by atoms with Gasteiger partial charge in [-0.2, -0.15) is 4.98 Å². The predicted octanol–water partition coefficient (Wildman–Crippen LogP) is 2.79. The Morgan fingerprint density at radius 1 is 1.33 bits per heavy atom. The molecule has 2 rings (SSSR count). The molecule has 0 aromatic carbocycles. The van der Waals surface area contributed by atoms with Crippen molar-refractivity contribution in [2.24, 2.45) is 0 Å². The molecule has 5 nitrogen and oxygen atoms in total. The van der Waals surface area contributed by atoms with Crippen LogP contribution in [0.2, 0.25) is 0 Å². The predicted molar refractivity (Wildman–Crippen MR) is 75.0 cm³/mol. The van der Waals surface area contributed by atoms with E-state index in [1.807, 2.05) is 11.0 Å². The largest absolute Gasteiger partial charge is 0.390 e. The molecule has 0 radical (unpaired) electrons. The Bertz CT molecular complexity index is 516. The molecular formula is C12H18N4OS. The normalized spacial score (nSPS) is 10.8. The maximum absolute atomic E-state index is 5.98. The SMILES string of the molecule is CCc1cc(-c2nc(N(CC)CC)no2)c(N)s1. The highest BCUT2D eigenvalue weighted by Gasteiger charge is 2.16. The van der Waals surface area contributed by atoms with Crippen LogP contribution in [0.4, 0.5) is 10.9 Å². The molecular weight excluding hydrogens is 248 g/mol. The van der Waals surface area contributed by atoms with Crippen LogP contribution in [0.3, 0.4) is 0 Å². The maximum Gasteiger partial charge on any atom is 0.266 e. The highest BCUT2D eigenvalue weighted by Crippen LogP contribution is 2.33. The highest BCUT2D eigenvalue weighted by molar-refractivity contribution is 7.16. The summed E-state index contributed by atoms with van der Waals surface area (Å²) in [6, 6.07) is 2.03. The van der Waals surface area contributed by atoms with Gasteiger partial charge in [0.1, 0.15) is 0 Å². The Balaban J connectivity index is 2.31. The summed E-state index contributed by atoms with van der Waals surface area (Å²) < 4.78 is 5.30. The lowest BCUT2D eigenvalue weighted by atomic mass is 10.2. The molecule has 0 fully saturated rings. The minimum absolute atomic E-state index is 0.505. The molecule has 98 valence electrons. The van der Waals surface area contributed by atoms with Crippen LogP contribution in [0.5, 0.6) is 0 Å². The summed E-state index contributed by atoms with van der Waals surface area (Å²) in [5, 5.41) is 4.74. The van der Waals surface area contributed by atoms with E-state index in [2.05, 4.69) is 30.9 Å². The van der Waals surface area contributed by atoms with E-state index in [1.54, 1.807) is 11.3 Å². The summed E-state index contributed by atoms with van der Waals surface area (Å²) in [6.07, 6.45) is 0.964. The Kier molecular flexibility index (Phi) is 3.86. The fourth-order valence-corrected chi connectivity index (χ4v) is 2.62. The number of hydrogen-bond donors (Lipinski definition) is 1. The van der Waals surface area contributed by atoms with Gasteiger partial charge in [0.15, 0.2) is 0 Å². The molecule has 0 saturated carbocycles. The lowest BCUT2D eigenvalue weighted by Gasteiger charge is -2.14. The smallest absolute Gasteiger partial charge is 0.266 e. The molecule has 2 heterocycles. The van der Waals surface area contributed by atoms with Gasteiger partial charge in [-0.15, -0.1) is 11.3 Å². The van der Waals surface area contributed by atoms with Crippen LogP contribution in [0.25, 0.3) is 11.5 Å². The molecule has 2 aromatic rings. The molecule has 0 unspecified atom stereocenters. The number of thiophene rings is 1. The number of nitrogens with two attached hydrogens (primary N) is 1. The molecule has 6 heteroatoms. The van der Waals surface area contributed by atoms with Gasteiger partial charge in [0.05, 0.1) is 10.6 Å². The van der Waals surface area contributed by atoms with Crippen molar-refractivity contribution < 1.29 is 4.52 Å². The third-order valence-corrected chi connectivity index (χ3v) is 3.96. The van der Waals surface area contributed by atoms with E-state index >= 15 is 0 Å². The van der Waals surface area contributed by atoms with Gasteiger partial charge < -0.3 is 15.2 Å². The molecule has 2 aromatic heterocycles. The standard InChI is InChI=1S/C12H18N4OS/c1-4-8-7-9(10(13)18-8)11-14-12(15-17-11)16(5-2)6-3/h7H,4-6,13H2,1-3H3. The van der Waals surface area contributed by atoms with E-state index in [0.29, 0.717) is 11.8 Å². The first-order chi connectivity index (χ1) is 8.69. The number of anilines is 2. The molecule has 0 aliphatic heterocycles. The molecule has 0 aliphatic carbocycles. The van der Waals surface area contributed by atoms with Gasteiger partial charge in [-0.25, -0.2) is 0 Å². The molecule has 18 heavy (non-hydrogen) atoms. The van der Waals surface area contributed by atoms with Gasteiger partial charge in [0, 0.05) is 18.0 Å². The molecule has 0 aliphatic rings. The van der Waals surface area contributed by atoms with Crippen molar-refractivity contribution in [1.29, 1.82) is 0 Å². The zero-order valence-electron chi connectivity index (χ0n) is 10.9. The molecule has 0 bridgehead atoms. The van der Waals surface area contributed by atoms with Crippen molar-refractivity contribution in [1.82, 2.24) is 10.1 Å². The average Bonchev–Trinajstić information content (AvgIpc) is 2.97. The lowest BCUT2D eigenvalue weighted by molar-refractivity contribution is 0.430. The van der Waals surface area contributed by atoms with Crippen LogP contribution in [-0.4, -0.2) is 23.2 Å². The first-order valence-corrected chi connectivity index (χ1v) is 6.98. The summed E-state index contributed by atoms with van der Waals surface area (Å²) in [5.41, 5.74) is 6.83. The van der Waals surface area contributed by atoms with Crippen LogP contribution < -0.4 is 10.6 Å². The van der Waals surface area contributed by atoms with Crippen LogP contribution in [-0.2, 0) is 6.42 Å². The summed E-state index contributed by atoms with van der Waals surface area (Å²) in [7, 11) is 0. The second kappa shape index (κ2) is 5.39. The van der Waals surface area contributed by atoms with E-state index in [-0.39, 0.29) is 0 Å². The van der Waals surface area contributed by atoms with Crippen LogP contribution in [0.1, 0.15) is 25.6 Å². The fourth-order valence-electron chi connectivity index (χ4n) is 1.76. The molecule has 2 N–H and O–H groups in total. The number of nitrogens with zero attached hydrogens (tertiary/aromatic N) is 3. The van der Waals surface area contributed by atoms with Crippen LogP contribution in [0.15, 0.2) is 10.6 Å². The zero-order chi connectivity index (χ0) is 13.1. The summed E-state index contributed by atoms with van der Waals surface area (Å²) >= 11 is 1.57. The summed E-state index contributed by atoms with van der Waals surface area (Å²) in [4.78, 5) is 7.67. The Morgan fingerprint density at radius 3 is 2.61 bits per heavy atom. The average molecular weight is 266 g/mol. The number of rotatable bonds is 5. The Labute approximate surface area is 111 Å². The topological polar surface area (TPSA) is 68.2 Å². The first-order valence-electron chi connectivity index (χ1n) is 6.16. The van der Waals surface area contributed by atoms with Crippen LogP contribution in [0, 0.1) is 0 Å². The zero-order valence-corrected chi connectivity index (χ0v) is 11.8. The van der Waals surface area contributed by atoms with E-state index in [4.69, 9.17) is 10.3 Å². The third-order valence-electron chi connectivity index (χ3n) is 2.85. The van der Waals surface area contributed by atoms with E-state index < -0.39 is 0 Å². The lowest BCUT2D eigenvalue weighted by Crippen LogP contribution is -2.22. The van der Waals surface area contributed by atoms with Gasteiger partial charge in [0.25, 0.3) is 11.8 Å². The number of aromatic nitrogens is 2. The summed E-state index contributed by atoms with van der Waals surface area (Å²) in [5.74, 6) is 1.13. The first kappa shape index (κ1) is 12.9. The van der Waals surface area contributed by atoms with E-state index in [1.165, 1.54) is 4.88 Å². The molecule has 0 spiro atoms. The molecule has 0 amide bonds. The Morgan fingerprint density at radius 2 is 2.06 bits per heavy atom. The Hall–Kier alpha value is -1.56. The van der Waals surface area contributed by atoms with Crippen molar-refractivity contribution >= 4 is 22.3 Å². The molecule has 0 atom stereocenters. The summed E-state index contributed by atoms with van der Waals surface area (Å²) in [6.45, 7) is 7.94. The quantitative estimate of drug-likeness (QED) is 0.901. The number of hydrogen-bond acceptors (Lipinski definition) is 6. The number of nitrogen functional groups attached to an aromatic ring is 1.